The normalized spacial score (nSPS) is 16.4. The number of ether oxygens (including phenoxy) is 2. The fourth-order valence-corrected chi connectivity index (χ4v) is 3.70. The number of benzene rings is 2. The largest absolute Gasteiger partial charge is 0.478 e. The average molecular weight is 415 g/mol. The maximum atomic E-state index is 12.9. The Morgan fingerprint density at radius 2 is 2.00 bits per heavy atom. The minimum absolute atomic E-state index is 0.0102. The Morgan fingerprint density at radius 3 is 2.74 bits per heavy atom. The first-order valence-electron chi connectivity index (χ1n) is 9.67. The number of carbonyl (C=O) groups is 1. The summed E-state index contributed by atoms with van der Waals surface area (Å²) in [7, 11) is 0. The average Bonchev–Trinajstić information content (AvgIpc) is 3.10. The van der Waals surface area contributed by atoms with E-state index in [1.165, 1.54) is 12.1 Å². The Bertz CT molecular complexity index is 1210. The summed E-state index contributed by atoms with van der Waals surface area (Å²) in [6.45, 7) is 1.67. The van der Waals surface area contributed by atoms with Crippen LogP contribution in [0.5, 0.6) is 11.5 Å². The highest BCUT2D eigenvalue weighted by atomic mass is 16.6. The van der Waals surface area contributed by atoms with E-state index in [0.29, 0.717) is 42.4 Å². The number of Topliss-reactive ketones (excluding diaryl/α,β-unsaturated/α-hetero) is 1. The first kappa shape index (κ1) is 19.0. The molecule has 1 aromatic heterocycles. The van der Waals surface area contributed by atoms with Crippen molar-refractivity contribution in [3.05, 3.63) is 99.1 Å². The molecule has 0 amide bonds. The Kier molecular flexibility index (Phi) is 4.68. The molecule has 0 atom stereocenters. The molecule has 0 unspecified atom stereocenters. The van der Waals surface area contributed by atoms with Gasteiger partial charge in [0.05, 0.1) is 16.1 Å². The maximum absolute atomic E-state index is 12.9. The van der Waals surface area contributed by atoms with Crippen molar-refractivity contribution in [1.29, 1.82) is 0 Å². The van der Waals surface area contributed by atoms with Crippen molar-refractivity contribution < 1.29 is 19.2 Å². The summed E-state index contributed by atoms with van der Waals surface area (Å²) in [6, 6.07) is 13.4. The first-order valence-corrected chi connectivity index (χ1v) is 9.67. The summed E-state index contributed by atoms with van der Waals surface area (Å²) in [5, 5.41) is 10.8. The topological polar surface area (TPSA) is 94.8 Å². The summed E-state index contributed by atoms with van der Waals surface area (Å²) < 4.78 is 11.8. The van der Waals surface area contributed by atoms with E-state index >= 15 is 0 Å². The van der Waals surface area contributed by atoms with Crippen molar-refractivity contribution in [1.82, 2.24) is 9.88 Å². The smallest absolute Gasteiger partial charge is 0.269 e. The van der Waals surface area contributed by atoms with Crippen molar-refractivity contribution in [3.63, 3.8) is 0 Å². The quantitative estimate of drug-likeness (QED) is 0.362. The Labute approximate surface area is 177 Å². The molecule has 0 N–H and O–H groups in total. The van der Waals surface area contributed by atoms with Crippen LogP contribution in [0.25, 0.3) is 6.08 Å². The van der Waals surface area contributed by atoms with Crippen molar-refractivity contribution in [2.75, 3.05) is 6.73 Å². The predicted molar refractivity (Wildman–Crippen MR) is 111 cm³/mol. The second-order valence-corrected chi connectivity index (χ2v) is 7.33. The highest BCUT2D eigenvalue weighted by Gasteiger charge is 2.33. The molecular weight excluding hydrogens is 398 g/mol. The van der Waals surface area contributed by atoms with Crippen LogP contribution in [-0.4, -0.2) is 27.3 Å². The van der Waals surface area contributed by atoms with Crippen LogP contribution in [0.2, 0.25) is 0 Å². The lowest BCUT2D eigenvalue weighted by Crippen LogP contribution is -2.31. The molecule has 0 aliphatic carbocycles. The Balaban J connectivity index is 1.41. The summed E-state index contributed by atoms with van der Waals surface area (Å²) in [5.74, 6) is 1.17. The van der Waals surface area contributed by atoms with Crippen molar-refractivity contribution in [2.24, 2.45) is 0 Å². The third kappa shape index (κ3) is 3.64. The summed E-state index contributed by atoms with van der Waals surface area (Å²) in [4.78, 5) is 29.5. The summed E-state index contributed by atoms with van der Waals surface area (Å²) in [5.41, 5.74) is 3.01. The van der Waals surface area contributed by atoms with E-state index in [1.54, 1.807) is 36.5 Å². The first-order chi connectivity index (χ1) is 15.1. The molecule has 0 saturated carbocycles. The number of nitro benzene ring substituents is 1. The molecular formula is C23H17N3O5. The molecule has 0 bridgehead atoms. The van der Waals surface area contributed by atoms with Gasteiger partial charge in [0, 0.05) is 37.6 Å². The number of allylic oxidation sites excluding steroid dienone is 1. The van der Waals surface area contributed by atoms with Gasteiger partial charge in [-0.25, -0.2) is 0 Å². The van der Waals surface area contributed by atoms with Gasteiger partial charge in [-0.05, 0) is 47.5 Å². The van der Waals surface area contributed by atoms with E-state index in [9.17, 15) is 14.9 Å². The van der Waals surface area contributed by atoms with Gasteiger partial charge in [0.1, 0.15) is 18.2 Å². The van der Waals surface area contributed by atoms with E-state index in [2.05, 4.69) is 9.88 Å². The molecule has 0 spiro atoms. The van der Waals surface area contributed by atoms with Crippen LogP contribution < -0.4 is 9.47 Å². The van der Waals surface area contributed by atoms with Crippen molar-refractivity contribution in [2.45, 2.75) is 13.1 Å². The number of rotatable bonds is 4. The Hall–Kier alpha value is -4.04. The summed E-state index contributed by atoms with van der Waals surface area (Å²) in [6.07, 6.45) is 5.14. The number of aromatic nitrogens is 1. The number of carbonyl (C=O) groups excluding carboxylic acids is 1. The number of hydrogen-bond acceptors (Lipinski definition) is 7. The fraction of sp³-hybridized carbons (Fsp3) is 0.130. The molecule has 31 heavy (non-hydrogen) atoms. The molecule has 3 aromatic rings. The number of pyridine rings is 1. The third-order valence-electron chi connectivity index (χ3n) is 5.21. The molecule has 3 heterocycles. The molecule has 2 aliphatic heterocycles. The lowest BCUT2D eigenvalue weighted by Gasteiger charge is -2.29. The highest BCUT2D eigenvalue weighted by molar-refractivity contribution is 6.15. The van der Waals surface area contributed by atoms with Crippen LogP contribution in [-0.2, 0) is 13.1 Å². The molecule has 2 aromatic carbocycles. The number of fused-ring (bicyclic) bond motifs is 3. The van der Waals surface area contributed by atoms with Gasteiger partial charge in [0.2, 0.25) is 5.78 Å². The van der Waals surface area contributed by atoms with Gasteiger partial charge in [0.15, 0.2) is 5.76 Å². The SMILES string of the molecule is O=C1/C(=C/c2ccc([N+](=O)[O-])cc2)Oc2c1ccc1c2CN(Cc2cccnc2)CO1. The molecule has 0 saturated heterocycles. The second-order valence-electron chi connectivity index (χ2n) is 7.33. The van der Waals surface area contributed by atoms with Crippen LogP contribution in [0.1, 0.15) is 27.0 Å². The number of non-ortho nitro benzene ring substituents is 1. The van der Waals surface area contributed by atoms with E-state index in [-0.39, 0.29) is 17.2 Å². The van der Waals surface area contributed by atoms with Gasteiger partial charge in [-0.1, -0.05) is 6.07 Å². The van der Waals surface area contributed by atoms with Crippen LogP contribution in [0, 0.1) is 10.1 Å². The van der Waals surface area contributed by atoms with Gasteiger partial charge in [-0.15, -0.1) is 0 Å². The standard InChI is InChI=1S/C23H17N3O5/c27-22-18-7-8-20-19(13-25(14-30-20)12-16-2-1-9-24-11-16)23(18)31-21(22)10-15-3-5-17(6-4-15)26(28)29/h1-11H,12-14H2/b21-10-. The van der Waals surface area contributed by atoms with Crippen LogP contribution in [0.15, 0.2) is 66.7 Å². The second kappa shape index (κ2) is 7.66. The van der Waals surface area contributed by atoms with E-state index in [0.717, 1.165) is 11.1 Å². The maximum Gasteiger partial charge on any atom is 0.269 e. The molecule has 0 fully saturated rings. The summed E-state index contributed by atoms with van der Waals surface area (Å²) >= 11 is 0. The van der Waals surface area contributed by atoms with Gasteiger partial charge in [0.25, 0.3) is 5.69 Å². The van der Waals surface area contributed by atoms with Crippen LogP contribution in [0.3, 0.4) is 0 Å². The van der Waals surface area contributed by atoms with Crippen molar-refractivity contribution in [3.8, 4) is 11.5 Å². The lowest BCUT2D eigenvalue weighted by atomic mass is 10.0. The molecule has 154 valence electrons. The van der Waals surface area contributed by atoms with E-state index in [4.69, 9.17) is 9.47 Å². The van der Waals surface area contributed by atoms with E-state index < -0.39 is 4.92 Å². The zero-order valence-electron chi connectivity index (χ0n) is 16.4. The minimum Gasteiger partial charge on any atom is -0.478 e. The van der Waals surface area contributed by atoms with Gasteiger partial charge in [-0.3, -0.25) is 24.8 Å². The monoisotopic (exact) mass is 415 g/mol. The molecule has 2 aliphatic rings. The molecule has 0 radical (unpaired) electrons. The zero-order chi connectivity index (χ0) is 21.4. The molecule has 8 heteroatoms. The van der Waals surface area contributed by atoms with Gasteiger partial charge >= 0.3 is 0 Å². The minimum atomic E-state index is -0.465. The predicted octanol–water partition coefficient (Wildman–Crippen LogP) is 3.96. The molecule has 5 rings (SSSR count). The number of nitro groups is 1. The van der Waals surface area contributed by atoms with Crippen LogP contribution in [0.4, 0.5) is 5.69 Å². The Morgan fingerprint density at radius 1 is 1.16 bits per heavy atom. The van der Waals surface area contributed by atoms with Gasteiger partial charge in [-0.2, -0.15) is 0 Å². The number of hydrogen-bond donors (Lipinski definition) is 0. The number of nitrogens with zero attached hydrogens (tertiary/aromatic N) is 3. The van der Waals surface area contributed by atoms with Gasteiger partial charge < -0.3 is 9.47 Å². The number of ketones is 1. The van der Waals surface area contributed by atoms with Crippen molar-refractivity contribution >= 4 is 17.5 Å². The lowest BCUT2D eigenvalue weighted by molar-refractivity contribution is -0.384. The fourth-order valence-electron chi connectivity index (χ4n) is 3.70. The zero-order valence-corrected chi connectivity index (χ0v) is 16.4. The third-order valence-corrected chi connectivity index (χ3v) is 5.21. The van der Waals surface area contributed by atoms with E-state index in [1.807, 2.05) is 18.3 Å². The highest BCUT2D eigenvalue weighted by Crippen LogP contribution is 2.42. The molecule has 8 nitrogen and oxygen atoms in total. The van der Waals surface area contributed by atoms with Crippen LogP contribution >= 0.6 is 0 Å².